The van der Waals surface area contributed by atoms with Crippen molar-refractivity contribution in [2.24, 2.45) is 0 Å². The van der Waals surface area contributed by atoms with Gasteiger partial charge < -0.3 is 5.32 Å². The number of nitrogens with one attached hydrogen (secondary N) is 1. The van der Waals surface area contributed by atoms with Gasteiger partial charge in [-0.1, -0.05) is 24.3 Å². The van der Waals surface area contributed by atoms with Crippen molar-refractivity contribution in [1.29, 1.82) is 5.26 Å². The van der Waals surface area contributed by atoms with E-state index in [2.05, 4.69) is 37.0 Å². The summed E-state index contributed by atoms with van der Waals surface area (Å²) in [5.74, 6) is 0. The molecule has 0 aromatic heterocycles. The van der Waals surface area contributed by atoms with Crippen molar-refractivity contribution in [3.8, 4) is 6.07 Å². The molecular weight excluding hydrogens is 232 g/mol. The summed E-state index contributed by atoms with van der Waals surface area (Å²) in [6, 6.07) is 8.35. The van der Waals surface area contributed by atoms with Gasteiger partial charge in [0.2, 0.25) is 0 Å². The normalized spacial score (nSPS) is 11.9. The standard InChI is InChI=1S/C17H20N2/c1-6-15(9-13(3)11-18)14(4)16-10-12(2)7-8-17(16)19-5/h6-10,19H,4H2,1-3,5H3/b13-9+,15-6+. The highest BCUT2D eigenvalue weighted by Gasteiger charge is 2.08. The predicted molar refractivity (Wildman–Crippen MR) is 82.9 cm³/mol. The van der Waals surface area contributed by atoms with E-state index in [1.54, 1.807) is 6.92 Å². The van der Waals surface area contributed by atoms with Crippen LogP contribution in [0, 0.1) is 18.3 Å². The molecule has 0 saturated carbocycles. The zero-order valence-electron chi connectivity index (χ0n) is 12.0. The van der Waals surface area contributed by atoms with E-state index in [1.165, 1.54) is 5.56 Å². The van der Waals surface area contributed by atoms with E-state index in [-0.39, 0.29) is 0 Å². The summed E-state index contributed by atoms with van der Waals surface area (Å²) < 4.78 is 0. The summed E-state index contributed by atoms with van der Waals surface area (Å²) in [5.41, 5.74) is 5.86. The van der Waals surface area contributed by atoms with Crippen LogP contribution in [-0.2, 0) is 0 Å². The molecule has 1 rings (SSSR count). The van der Waals surface area contributed by atoms with Crippen molar-refractivity contribution in [1.82, 2.24) is 0 Å². The van der Waals surface area contributed by atoms with Crippen molar-refractivity contribution < 1.29 is 0 Å². The second-order valence-electron chi connectivity index (χ2n) is 4.46. The average molecular weight is 252 g/mol. The predicted octanol–water partition coefficient (Wildman–Crippen LogP) is 4.47. The molecule has 2 heteroatoms. The molecule has 0 saturated heterocycles. The first-order chi connectivity index (χ1) is 9.03. The first kappa shape index (κ1) is 14.8. The molecule has 1 N–H and O–H groups in total. The van der Waals surface area contributed by atoms with Crippen molar-refractivity contribution in [2.45, 2.75) is 20.8 Å². The van der Waals surface area contributed by atoms with Crippen molar-refractivity contribution in [3.63, 3.8) is 0 Å². The molecule has 0 unspecified atom stereocenters. The van der Waals surface area contributed by atoms with Crippen LogP contribution in [-0.4, -0.2) is 7.05 Å². The lowest BCUT2D eigenvalue weighted by molar-refractivity contribution is 1.39. The quantitative estimate of drug-likeness (QED) is 0.634. The molecule has 19 heavy (non-hydrogen) atoms. The molecule has 0 aliphatic heterocycles. The smallest absolute Gasteiger partial charge is 0.0944 e. The van der Waals surface area contributed by atoms with Crippen molar-refractivity contribution in [2.75, 3.05) is 12.4 Å². The van der Waals surface area contributed by atoms with E-state index in [9.17, 15) is 0 Å². The molecular formula is C17H20N2. The van der Waals surface area contributed by atoms with Gasteiger partial charge in [-0.15, -0.1) is 0 Å². The molecule has 98 valence electrons. The zero-order chi connectivity index (χ0) is 14.4. The fraction of sp³-hybridized carbons (Fsp3) is 0.235. The van der Waals surface area contributed by atoms with E-state index in [0.717, 1.165) is 22.4 Å². The topological polar surface area (TPSA) is 35.8 Å². The van der Waals surface area contributed by atoms with Gasteiger partial charge in [0, 0.05) is 23.9 Å². The SMILES string of the molecule is C=C(C(/C=C(\C)C#N)=C/C)c1cc(C)ccc1NC. The third-order valence-corrected chi connectivity index (χ3v) is 2.98. The maximum Gasteiger partial charge on any atom is 0.0944 e. The Labute approximate surface area is 115 Å². The maximum absolute atomic E-state index is 8.89. The first-order valence-electron chi connectivity index (χ1n) is 6.26. The lowest BCUT2D eigenvalue weighted by atomic mass is 9.95. The number of hydrogen-bond acceptors (Lipinski definition) is 2. The molecule has 0 aliphatic carbocycles. The number of allylic oxidation sites excluding steroid dienone is 5. The molecule has 1 aromatic rings. The van der Waals surface area contributed by atoms with Gasteiger partial charge in [-0.05, 0) is 50.1 Å². The summed E-state index contributed by atoms with van der Waals surface area (Å²) >= 11 is 0. The van der Waals surface area contributed by atoms with E-state index < -0.39 is 0 Å². The van der Waals surface area contributed by atoms with Crippen molar-refractivity contribution >= 4 is 11.3 Å². The summed E-state index contributed by atoms with van der Waals surface area (Å²) in [7, 11) is 1.90. The Kier molecular flexibility index (Phi) is 5.14. The average Bonchev–Trinajstić information content (AvgIpc) is 2.43. The van der Waals surface area contributed by atoms with Crippen LogP contribution < -0.4 is 5.32 Å². The Morgan fingerprint density at radius 2 is 2.11 bits per heavy atom. The Hall–Kier alpha value is -2.27. The Balaban J connectivity index is 3.27. The summed E-state index contributed by atoms with van der Waals surface area (Å²) in [4.78, 5) is 0. The Morgan fingerprint density at radius 3 is 2.63 bits per heavy atom. The molecule has 0 fully saturated rings. The molecule has 1 aromatic carbocycles. The Bertz CT molecular complexity index is 584. The van der Waals surface area contributed by atoms with Crippen LogP contribution in [0.5, 0.6) is 0 Å². The van der Waals surface area contributed by atoms with Crippen LogP contribution >= 0.6 is 0 Å². The second kappa shape index (κ2) is 6.61. The minimum atomic E-state index is 0.674. The van der Waals surface area contributed by atoms with Crippen LogP contribution in [0.15, 0.2) is 48.1 Å². The number of nitrogens with zero attached hydrogens (tertiary/aromatic N) is 1. The fourth-order valence-electron chi connectivity index (χ4n) is 1.89. The molecule has 2 nitrogen and oxygen atoms in total. The van der Waals surface area contributed by atoms with Gasteiger partial charge >= 0.3 is 0 Å². The largest absolute Gasteiger partial charge is 0.388 e. The molecule has 0 radical (unpaired) electrons. The summed E-state index contributed by atoms with van der Waals surface area (Å²) in [6.07, 6.45) is 3.84. The van der Waals surface area contributed by atoms with E-state index in [0.29, 0.717) is 5.57 Å². The number of rotatable bonds is 4. The maximum atomic E-state index is 8.89. The highest BCUT2D eigenvalue weighted by Crippen LogP contribution is 2.30. The van der Waals surface area contributed by atoms with Gasteiger partial charge in [-0.3, -0.25) is 0 Å². The van der Waals surface area contributed by atoms with Crippen LogP contribution in [0.3, 0.4) is 0 Å². The van der Waals surface area contributed by atoms with Crippen LogP contribution in [0.4, 0.5) is 5.69 Å². The monoisotopic (exact) mass is 252 g/mol. The summed E-state index contributed by atoms with van der Waals surface area (Å²) in [5, 5.41) is 12.1. The van der Waals surface area contributed by atoms with E-state index >= 15 is 0 Å². The molecule has 0 bridgehead atoms. The number of nitriles is 1. The van der Waals surface area contributed by atoms with Gasteiger partial charge in [0.15, 0.2) is 0 Å². The lowest BCUT2D eigenvalue weighted by Crippen LogP contribution is -1.96. The highest BCUT2D eigenvalue weighted by atomic mass is 14.8. The van der Waals surface area contributed by atoms with Gasteiger partial charge in [0.05, 0.1) is 6.07 Å². The van der Waals surface area contributed by atoms with Gasteiger partial charge in [0.25, 0.3) is 0 Å². The van der Waals surface area contributed by atoms with Gasteiger partial charge in [0.1, 0.15) is 0 Å². The molecule has 0 atom stereocenters. The molecule has 0 spiro atoms. The molecule has 0 heterocycles. The van der Waals surface area contributed by atoms with Crippen LogP contribution in [0.25, 0.3) is 5.57 Å². The summed E-state index contributed by atoms with van der Waals surface area (Å²) in [6.45, 7) is 9.98. The van der Waals surface area contributed by atoms with Crippen LogP contribution in [0.1, 0.15) is 25.0 Å². The first-order valence-corrected chi connectivity index (χ1v) is 6.26. The van der Waals surface area contributed by atoms with Crippen LogP contribution in [0.2, 0.25) is 0 Å². The second-order valence-corrected chi connectivity index (χ2v) is 4.46. The third kappa shape index (κ3) is 3.59. The van der Waals surface area contributed by atoms with E-state index in [1.807, 2.05) is 32.2 Å². The van der Waals surface area contributed by atoms with Gasteiger partial charge in [-0.25, -0.2) is 0 Å². The molecule has 0 amide bonds. The minimum absolute atomic E-state index is 0.674. The minimum Gasteiger partial charge on any atom is -0.388 e. The zero-order valence-corrected chi connectivity index (χ0v) is 12.0. The van der Waals surface area contributed by atoms with Crippen molar-refractivity contribution in [3.05, 3.63) is 59.2 Å². The number of hydrogen-bond donors (Lipinski definition) is 1. The molecule has 0 aliphatic rings. The lowest BCUT2D eigenvalue weighted by Gasteiger charge is -2.14. The van der Waals surface area contributed by atoms with E-state index in [4.69, 9.17) is 5.26 Å². The highest BCUT2D eigenvalue weighted by molar-refractivity contribution is 5.86. The number of aryl methyl sites for hydroxylation is 1. The van der Waals surface area contributed by atoms with Gasteiger partial charge in [-0.2, -0.15) is 5.26 Å². The fourth-order valence-corrected chi connectivity index (χ4v) is 1.89. The Morgan fingerprint density at radius 1 is 1.42 bits per heavy atom. The number of anilines is 1. The number of benzene rings is 1. The third-order valence-electron chi connectivity index (χ3n) is 2.98.